The number of carboxylic acid groups (broad SMARTS) is 1. The summed E-state index contributed by atoms with van der Waals surface area (Å²) in [5.41, 5.74) is 1.22. The molecule has 0 unspecified atom stereocenters. The number of nitrogens with zero attached hydrogens (tertiary/aromatic N) is 1. The first-order chi connectivity index (χ1) is 8.49. The summed E-state index contributed by atoms with van der Waals surface area (Å²) in [6, 6.07) is -0.484. The molecule has 0 aromatic rings. The Balaban J connectivity index is 2.27. The van der Waals surface area contributed by atoms with Crippen molar-refractivity contribution in [2.75, 3.05) is 26.3 Å². The van der Waals surface area contributed by atoms with Crippen molar-refractivity contribution in [3.8, 4) is 0 Å². The van der Waals surface area contributed by atoms with Crippen LogP contribution in [-0.4, -0.2) is 54.2 Å². The molecule has 1 aliphatic heterocycles. The van der Waals surface area contributed by atoms with Gasteiger partial charge in [-0.25, -0.2) is 9.59 Å². The molecule has 7 heteroatoms. The summed E-state index contributed by atoms with van der Waals surface area (Å²) in [5, 5.41) is 10.4. The summed E-state index contributed by atoms with van der Waals surface area (Å²) >= 11 is 0. The second-order valence-corrected chi connectivity index (χ2v) is 3.99. The maximum Gasteiger partial charge on any atom is 0.329 e. The highest BCUT2D eigenvalue weighted by atomic mass is 16.5. The van der Waals surface area contributed by atoms with Crippen molar-refractivity contribution in [2.45, 2.75) is 13.3 Å². The zero-order valence-electron chi connectivity index (χ0n) is 10.1. The van der Waals surface area contributed by atoms with Gasteiger partial charge in [0.25, 0.3) is 5.91 Å². The zero-order valence-corrected chi connectivity index (χ0v) is 10.1. The Hall–Kier alpha value is -1.89. The number of hydrogen-bond acceptors (Lipinski definition) is 4. The predicted molar refractivity (Wildman–Crippen MR) is 61.9 cm³/mol. The highest BCUT2D eigenvalue weighted by molar-refractivity contribution is 5.95. The molecule has 0 saturated carbocycles. The van der Waals surface area contributed by atoms with E-state index in [9.17, 15) is 14.4 Å². The fraction of sp³-hybridized carbons (Fsp3) is 0.545. The van der Waals surface area contributed by atoms with Gasteiger partial charge in [-0.15, -0.1) is 0 Å². The van der Waals surface area contributed by atoms with Gasteiger partial charge in [-0.2, -0.15) is 0 Å². The van der Waals surface area contributed by atoms with E-state index in [0.29, 0.717) is 13.1 Å². The van der Waals surface area contributed by atoms with Crippen molar-refractivity contribution in [1.82, 2.24) is 10.2 Å². The molecular formula is C11H16N2O5. The molecule has 18 heavy (non-hydrogen) atoms. The number of urea groups is 1. The fourth-order valence-electron chi connectivity index (χ4n) is 1.42. The van der Waals surface area contributed by atoms with Crippen molar-refractivity contribution in [3.63, 3.8) is 0 Å². The smallest absolute Gasteiger partial charge is 0.329 e. The van der Waals surface area contributed by atoms with E-state index in [0.717, 1.165) is 6.42 Å². The third kappa shape index (κ3) is 4.96. The van der Waals surface area contributed by atoms with Gasteiger partial charge < -0.3 is 14.7 Å². The molecule has 0 fully saturated rings. The zero-order chi connectivity index (χ0) is 13.5. The van der Waals surface area contributed by atoms with Gasteiger partial charge in [-0.3, -0.25) is 10.1 Å². The molecular weight excluding hydrogens is 240 g/mol. The molecule has 0 saturated heterocycles. The van der Waals surface area contributed by atoms with Gasteiger partial charge in [0, 0.05) is 13.1 Å². The van der Waals surface area contributed by atoms with Crippen LogP contribution in [0.25, 0.3) is 0 Å². The van der Waals surface area contributed by atoms with Crippen molar-refractivity contribution in [1.29, 1.82) is 0 Å². The second-order valence-electron chi connectivity index (χ2n) is 3.99. The standard InChI is InChI=1S/C11H16N2O5/c1-8-2-4-13(5-3-8)11(17)12-9(14)6-18-7-10(15)16/h2H,3-7H2,1H3,(H,15,16)(H,12,14,17). The molecule has 0 aromatic heterocycles. The van der Waals surface area contributed by atoms with Gasteiger partial charge in [-0.05, 0) is 13.3 Å². The van der Waals surface area contributed by atoms with Crippen LogP contribution in [0, 0.1) is 0 Å². The van der Waals surface area contributed by atoms with Gasteiger partial charge in [0.15, 0.2) is 0 Å². The number of ether oxygens (including phenoxy) is 1. The van der Waals surface area contributed by atoms with Crippen LogP contribution < -0.4 is 5.32 Å². The number of amides is 3. The van der Waals surface area contributed by atoms with Gasteiger partial charge in [0.2, 0.25) is 0 Å². The van der Waals surface area contributed by atoms with Crippen molar-refractivity contribution >= 4 is 17.9 Å². The maximum absolute atomic E-state index is 11.6. The maximum atomic E-state index is 11.6. The average Bonchev–Trinajstić information content (AvgIpc) is 2.29. The molecule has 100 valence electrons. The van der Waals surface area contributed by atoms with Gasteiger partial charge in [0.1, 0.15) is 13.2 Å². The van der Waals surface area contributed by atoms with E-state index in [1.165, 1.54) is 10.5 Å². The molecule has 1 heterocycles. The van der Waals surface area contributed by atoms with E-state index in [1.54, 1.807) is 0 Å². The number of imide groups is 1. The third-order valence-corrected chi connectivity index (χ3v) is 2.43. The molecule has 1 aliphatic rings. The molecule has 2 N–H and O–H groups in total. The number of carboxylic acids is 1. The Bertz CT molecular complexity index is 378. The third-order valence-electron chi connectivity index (χ3n) is 2.43. The predicted octanol–water partition coefficient (Wildman–Crippen LogP) is -0.0242. The van der Waals surface area contributed by atoms with Crippen LogP contribution >= 0.6 is 0 Å². The molecule has 0 bridgehead atoms. The Morgan fingerprint density at radius 2 is 2.17 bits per heavy atom. The van der Waals surface area contributed by atoms with Crippen LogP contribution in [0.3, 0.4) is 0 Å². The molecule has 1 rings (SSSR count). The monoisotopic (exact) mass is 256 g/mol. The highest BCUT2D eigenvalue weighted by Gasteiger charge is 2.17. The lowest BCUT2D eigenvalue weighted by Gasteiger charge is -2.25. The van der Waals surface area contributed by atoms with Crippen LogP contribution in [0.15, 0.2) is 11.6 Å². The van der Waals surface area contributed by atoms with Crippen LogP contribution in [0.2, 0.25) is 0 Å². The largest absolute Gasteiger partial charge is 0.480 e. The van der Waals surface area contributed by atoms with Gasteiger partial charge >= 0.3 is 12.0 Å². The van der Waals surface area contributed by atoms with Gasteiger partial charge in [0.05, 0.1) is 0 Å². The number of rotatable bonds is 4. The summed E-state index contributed by atoms with van der Waals surface area (Å²) < 4.78 is 4.57. The average molecular weight is 256 g/mol. The van der Waals surface area contributed by atoms with E-state index in [2.05, 4.69) is 10.1 Å². The molecule has 0 radical (unpaired) electrons. The summed E-state index contributed by atoms with van der Waals surface area (Å²) in [4.78, 5) is 34.5. The highest BCUT2D eigenvalue weighted by Crippen LogP contribution is 2.09. The number of carbonyl (C=O) groups excluding carboxylic acids is 2. The van der Waals surface area contributed by atoms with Gasteiger partial charge in [-0.1, -0.05) is 11.6 Å². The Morgan fingerprint density at radius 3 is 2.72 bits per heavy atom. The fourth-order valence-corrected chi connectivity index (χ4v) is 1.42. The SMILES string of the molecule is CC1=CCN(C(=O)NC(=O)COCC(=O)O)CC1. The summed E-state index contributed by atoms with van der Waals surface area (Å²) in [7, 11) is 0. The Kier molecular flexibility index (Phi) is 5.31. The molecule has 0 spiro atoms. The lowest BCUT2D eigenvalue weighted by Crippen LogP contribution is -2.45. The molecule has 0 aromatic carbocycles. The van der Waals surface area contributed by atoms with Crippen LogP contribution in [0.4, 0.5) is 4.79 Å². The van der Waals surface area contributed by atoms with Crippen molar-refractivity contribution < 1.29 is 24.2 Å². The second kappa shape index (κ2) is 6.75. The number of carbonyl (C=O) groups is 3. The van der Waals surface area contributed by atoms with Crippen molar-refractivity contribution in [2.24, 2.45) is 0 Å². The normalized spacial score (nSPS) is 14.9. The van der Waals surface area contributed by atoms with E-state index < -0.39 is 31.1 Å². The summed E-state index contributed by atoms with van der Waals surface area (Å²) in [5.74, 6) is -1.81. The first-order valence-corrected chi connectivity index (χ1v) is 5.53. The van der Waals surface area contributed by atoms with Crippen molar-refractivity contribution in [3.05, 3.63) is 11.6 Å². The topological polar surface area (TPSA) is 95.9 Å². The van der Waals surface area contributed by atoms with E-state index in [4.69, 9.17) is 5.11 Å². The number of aliphatic carboxylic acids is 1. The first kappa shape index (κ1) is 14.2. The number of nitrogens with one attached hydrogen (secondary N) is 1. The molecule has 0 aliphatic carbocycles. The van der Waals surface area contributed by atoms with Crippen LogP contribution in [0.5, 0.6) is 0 Å². The molecule has 0 atom stereocenters. The Morgan fingerprint density at radius 1 is 1.44 bits per heavy atom. The lowest BCUT2D eigenvalue weighted by atomic mass is 10.1. The minimum Gasteiger partial charge on any atom is -0.480 e. The quantitative estimate of drug-likeness (QED) is 0.689. The molecule has 3 amide bonds. The van der Waals surface area contributed by atoms with E-state index in [-0.39, 0.29) is 0 Å². The summed E-state index contributed by atoms with van der Waals surface area (Å²) in [6.45, 7) is 2.02. The molecule has 7 nitrogen and oxygen atoms in total. The number of hydrogen-bond donors (Lipinski definition) is 2. The van der Waals surface area contributed by atoms with E-state index in [1.807, 2.05) is 13.0 Å². The lowest BCUT2D eigenvalue weighted by molar-refractivity contribution is -0.143. The van der Waals surface area contributed by atoms with E-state index >= 15 is 0 Å². The summed E-state index contributed by atoms with van der Waals surface area (Å²) in [6.07, 6.45) is 2.71. The minimum absolute atomic E-state index is 0.444. The first-order valence-electron chi connectivity index (χ1n) is 5.53. The van der Waals surface area contributed by atoms with Crippen LogP contribution in [0.1, 0.15) is 13.3 Å². The Labute approximate surface area is 104 Å². The minimum atomic E-state index is -1.16. The van der Waals surface area contributed by atoms with Crippen LogP contribution in [-0.2, 0) is 14.3 Å².